The fraction of sp³-hybridized carbons (Fsp3) is 0.567. The Balaban J connectivity index is 1.58. The van der Waals surface area contributed by atoms with Gasteiger partial charge in [-0.05, 0) is 59.3 Å². The fourth-order valence-electron chi connectivity index (χ4n) is 6.04. The van der Waals surface area contributed by atoms with Gasteiger partial charge in [0, 0.05) is 27.3 Å². The van der Waals surface area contributed by atoms with Crippen molar-refractivity contribution in [3.05, 3.63) is 103 Å². The van der Waals surface area contributed by atoms with E-state index in [4.69, 9.17) is 19.7 Å². The Morgan fingerprint density at radius 2 is 1.56 bits per heavy atom. The van der Waals surface area contributed by atoms with Crippen molar-refractivity contribution in [2.24, 2.45) is 21.3 Å². The second-order valence-electron chi connectivity index (χ2n) is 11.3. The van der Waals surface area contributed by atoms with Gasteiger partial charge in [-0.15, -0.1) is 0 Å². The molecule has 238 valence electrons. The molecular weight excluding hydrogens is 580 g/mol. The first-order chi connectivity index (χ1) is 21.9. The van der Waals surface area contributed by atoms with Crippen molar-refractivity contribution < 1.29 is 24.1 Å². The molecule has 1 heterocycles. The van der Waals surface area contributed by atoms with E-state index >= 15 is 0 Å². The van der Waals surface area contributed by atoms with Crippen LogP contribution >= 0.6 is 0 Å². The van der Waals surface area contributed by atoms with E-state index in [2.05, 4.69) is 30.1 Å². The summed E-state index contributed by atoms with van der Waals surface area (Å²) in [6, 6.07) is 16.3. The average Bonchev–Trinajstić information content (AvgIpc) is 3.06. The molecule has 15 heteroatoms. The number of rotatable bonds is 12. The van der Waals surface area contributed by atoms with Gasteiger partial charge in [-0.25, -0.2) is 4.79 Å². The van der Waals surface area contributed by atoms with E-state index in [0.717, 1.165) is 11.1 Å². The highest BCUT2D eigenvalue weighted by molar-refractivity contribution is 5.68. The lowest BCUT2D eigenvalue weighted by Crippen LogP contribution is -2.56. The Morgan fingerprint density at radius 1 is 0.956 bits per heavy atom. The van der Waals surface area contributed by atoms with Crippen LogP contribution in [-0.4, -0.2) is 64.9 Å². The van der Waals surface area contributed by atoms with Crippen LogP contribution in [0.15, 0.2) is 76.0 Å². The molecule has 15 nitrogen and oxygen atoms in total. The van der Waals surface area contributed by atoms with Crippen LogP contribution in [0.2, 0.25) is 0 Å². The van der Waals surface area contributed by atoms with Gasteiger partial charge in [-0.3, -0.25) is 4.90 Å². The number of carbonyl (C=O) groups is 1. The van der Waals surface area contributed by atoms with Crippen molar-refractivity contribution in [3.8, 4) is 0 Å². The Morgan fingerprint density at radius 3 is 2.18 bits per heavy atom. The molecule has 1 saturated carbocycles. The maximum absolute atomic E-state index is 13.6. The number of ether oxygens (including phenoxy) is 3. The number of aliphatic hydroxyl groups is 1. The van der Waals surface area contributed by atoms with Crippen molar-refractivity contribution in [2.75, 3.05) is 0 Å². The number of amides is 1. The van der Waals surface area contributed by atoms with Gasteiger partial charge in [-0.1, -0.05) is 89.9 Å². The van der Waals surface area contributed by atoms with Gasteiger partial charge in [0.05, 0.1) is 36.4 Å². The van der Waals surface area contributed by atoms with Crippen molar-refractivity contribution in [3.63, 3.8) is 0 Å². The number of benzene rings is 2. The first kappa shape index (κ1) is 33.4. The zero-order valence-corrected chi connectivity index (χ0v) is 25.3. The van der Waals surface area contributed by atoms with Crippen molar-refractivity contribution in [1.82, 2.24) is 4.90 Å². The first-order valence-electron chi connectivity index (χ1n) is 15.0. The summed E-state index contributed by atoms with van der Waals surface area (Å²) in [6.07, 6.45) is -2.79. The van der Waals surface area contributed by atoms with E-state index < -0.39 is 60.8 Å². The van der Waals surface area contributed by atoms with Gasteiger partial charge in [0.15, 0.2) is 6.29 Å². The molecule has 2 aliphatic rings. The molecule has 2 aromatic rings. The molecule has 0 aromatic heterocycles. The Bertz CT molecular complexity index is 1400. The van der Waals surface area contributed by atoms with E-state index in [1.165, 1.54) is 0 Å². The van der Waals surface area contributed by atoms with Crippen molar-refractivity contribution >= 4 is 6.09 Å². The summed E-state index contributed by atoms with van der Waals surface area (Å²) >= 11 is 0. The molecule has 0 spiro atoms. The van der Waals surface area contributed by atoms with Gasteiger partial charge in [-0.2, -0.15) is 0 Å². The number of nitrogens with zero attached hydrogens (tertiary/aromatic N) is 10. The molecule has 1 aliphatic heterocycles. The van der Waals surface area contributed by atoms with Crippen LogP contribution < -0.4 is 0 Å². The average molecular weight is 619 g/mol. The van der Waals surface area contributed by atoms with E-state index in [1.54, 1.807) is 11.8 Å². The molecule has 1 saturated heterocycles. The number of hydrogen-bond acceptors (Lipinski definition) is 8. The van der Waals surface area contributed by atoms with Gasteiger partial charge in [0.25, 0.3) is 0 Å². The lowest BCUT2D eigenvalue weighted by atomic mass is 9.79. The molecule has 2 fully saturated rings. The Kier molecular flexibility index (Phi) is 12.3. The molecule has 1 aliphatic carbocycles. The molecule has 0 radical (unpaired) electrons. The summed E-state index contributed by atoms with van der Waals surface area (Å²) in [7, 11) is 0. The molecule has 2 aromatic carbocycles. The highest BCUT2D eigenvalue weighted by Crippen LogP contribution is 2.36. The summed E-state index contributed by atoms with van der Waals surface area (Å²) < 4.78 is 18.5. The third-order valence-corrected chi connectivity index (χ3v) is 8.49. The first-order valence-corrected chi connectivity index (χ1v) is 15.0. The number of carbonyl (C=O) groups excluding carboxylic acids is 1. The standard InChI is InChI=1S/C30H38N10O5/c1-3-25(40(17-20-10-6-4-7-11-20)30(42)43-18-21-12-8-5-9-13-21)26-15-14-22(34-37-31)29(44-26)45-28-24(36-39-33)16-23(35-38-32)19(2)27(28)41/h4-13,19,22-29,41H,3,14-18H2,1-2H3. The van der Waals surface area contributed by atoms with E-state index in [1.807, 2.05) is 67.6 Å². The molecule has 9 unspecified atom stereocenters. The minimum absolute atomic E-state index is 0.104. The van der Waals surface area contributed by atoms with E-state index in [9.17, 15) is 21.0 Å². The molecule has 9 atom stereocenters. The third kappa shape index (κ3) is 8.58. The van der Waals surface area contributed by atoms with Crippen LogP contribution in [0.4, 0.5) is 4.79 Å². The molecule has 1 amide bonds. The topological polar surface area (TPSA) is 215 Å². The predicted molar refractivity (Wildman–Crippen MR) is 164 cm³/mol. The highest BCUT2D eigenvalue weighted by atomic mass is 16.7. The fourth-order valence-corrected chi connectivity index (χ4v) is 6.04. The maximum Gasteiger partial charge on any atom is 0.410 e. The lowest BCUT2D eigenvalue weighted by Gasteiger charge is -2.45. The quantitative estimate of drug-likeness (QED) is 0.152. The normalized spacial score (nSPS) is 28.3. The highest BCUT2D eigenvalue weighted by Gasteiger charge is 2.46. The minimum Gasteiger partial charge on any atom is -0.445 e. The van der Waals surface area contributed by atoms with Crippen LogP contribution in [0.1, 0.15) is 50.7 Å². The smallest absolute Gasteiger partial charge is 0.410 e. The zero-order chi connectivity index (χ0) is 32.2. The molecule has 0 bridgehead atoms. The monoisotopic (exact) mass is 618 g/mol. The lowest BCUT2D eigenvalue weighted by molar-refractivity contribution is -0.256. The summed E-state index contributed by atoms with van der Waals surface area (Å²) in [5.74, 6) is -0.502. The van der Waals surface area contributed by atoms with Gasteiger partial charge < -0.3 is 19.3 Å². The van der Waals surface area contributed by atoms with Crippen molar-refractivity contribution in [1.29, 1.82) is 0 Å². The number of hydrogen-bond donors (Lipinski definition) is 1. The summed E-state index contributed by atoms with van der Waals surface area (Å²) in [6.45, 7) is 4.05. The van der Waals surface area contributed by atoms with Crippen LogP contribution in [0.5, 0.6) is 0 Å². The second kappa shape index (κ2) is 16.6. The van der Waals surface area contributed by atoms with Gasteiger partial charge >= 0.3 is 6.09 Å². The van der Waals surface area contributed by atoms with Crippen LogP contribution in [0.3, 0.4) is 0 Å². The summed E-state index contributed by atoms with van der Waals surface area (Å²) in [4.78, 5) is 24.0. The Hall–Kier alpha value is -4.48. The molecular formula is C30H38N10O5. The number of aliphatic hydroxyl groups excluding tert-OH is 1. The van der Waals surface area contributed by atoms with Crippen LogP contribution in [-0.2, 0) is 27.4 Å². The predicted octanol–water partition coefficient (Wildman–Crippen LogP) is 6.93. The largest absolute Gasteiger partial charge is 0.445 e. The zero-order valence-electron chi connectivity index (χ0n) is 25.3. The summed E-state index contributed by atoms with van der Waals surface area (Å²) in [5, 5.41) is 22.6. The van der Waals surface area contributed by atoms with Gasteiger partial charge in [0.2, 0.25) is 0 Å². The minimum atomic E-state index is -1.16. The second-order valence-corrected chi connectivity index (χ2v) is 11.3. The van der Waals surface area contributed by atoms with E-state index in [0.29, 0.717) is 19.3 Å². The molecule has 45 heavy (non-hydrogen) atoms. The molecule has 4 rings (SSSR count). The van der Waals surface area contributed by atoms with Crippen molar-refractivity contribution in [2.45, 2.75) is 101 Å². The molecule has 1 N–H and O–H groups in total. The van der Waals surface area contributed by atoms with Crippen LogP contribution in [0, 0.1) is 5.92 Å². The van der Waals surface area contributed by atoms with Crippen LogP contribution in [0.25, 0.3) is 31.3 Å². The summed E-state index contributed by atoms with van der Waals surface area (Å²) in [5.41, 5.74) is 29.2. The van der Waals surface area contributed by atoms with E-state index in [-0.39, 0.29) is 19.6 Å². The maximum atomic E-state index is 13.6. The third-order valence-electron chi connectivity index (χ3n) is 8.49. The SMILES string of the molecule is CCC(C1CCC(N=[N+]=[N-])C(OC2C(N=[N+]=[N-])CC(N=[N+]=[N-])C(C)C2O)O1)N(Cc1ccccc1)C(=O)OCc1ccccc1. The number of azide groups is 3. The Labute approximate surface area is 261 Å². The van der Waals surface area contributed by atoms with Gasteiger partial charge in [0.1, 0.15) is 6.61 Å².